The Hall–Kier alpha value is -2.67. The molecule has 2 heterocycles. The van der Waals surface area contributed by atoms with Gasteiger partial charge >= 0.3 is 6.09 Å². The topological polar surface area (TPSA) is 70.6 Å². The standard InChI is InChI=1S/C22H31N5O2/c1-17-16-19(18-8-6-5-7-9-18)24-25-20(17)23-10-11-26-12-14-27(15-13-26)21(28)29-22(2,3)4/h5-9,16H,10-15H2,1-4H3,(H,23,25). The molecule has 1 aliphatic rings. The van der Waals surface area contributed by atoms with Crippen molar-refractivity contribution in [2.24, 2.45) is 0 Å². The molecular formula is C22H31N5O2. The Balaban J connectivity index is 1.44. The molecule has 0 bridgehead atoms. The SMILES string of the molecule is Cc1cc(-c2ccccc2)nnc1NCCN1CCN(C(=O)OC(C)(C)C)CC1. The quantitative estimate of drug-likeness (QED) is 0.834. The Morgan fingerprint density at radius 1 is 1.10 bits per heavy atom. The van der Waals surface area contributed by atoms with E-state index < -0.39 is 5.60 Å². The number of anilines is 1. The van der Waals surface area contributed by atoms with E-state index >= 15 is 0 Å². The highest BCUT2D eigenvalue weighted by Gasteiger charge is 2.25. The van der Waals surface area contributed by atoms with Crippen LogP contribution in [0.4, 0.5) is 10.6 Å². The van der Waals surface area contributed by atoms with E-state index in [0.717, 1.165) is 48.8 Å². The lowest BCUT2D eigenvalue weighted by molar-refractivity contribution is 0.0148. The van der Waals surface area contributed by atoms with Crippen LogP contribution in [0.3, 0.4) is 0 Å². The smallest absolute Gasteiger partial charge is 0.410 e. The van der Waals surface area contributed by atoms with Crippen LogP contribution >= 0.6 is 0 Å². The summed E-state index contributed by atoms with van der Waals surface area (Å²) in [5.41, 5.74) is 2.57. The molecule has 0 aliphatic carbocycles. The third-order valence-electron chi connectivity index (χ3n) is 4.80. The molecule has 1 fully saturated rings. The molecule has 1 aromatic heterocycles. The van der Waals surface area contributed by atoms with Crippen molar-refractivity contribution in [3.63, 3.8) is 0 Å². The van der Waals surface area contributed by atoms with E-state index in [9.17, 15) is 4.79 Å². The number of hydrogen-bond acceptors (Lipinski definition) is 6. The lowest BCUT2D eigenvalue weighted by Crippen LogP contribution is -2.50. The van der Waals surface area contributed by atoms with Crippen LogP contribution in [0.1, 0.15) is 26.3 Å². The zero-order valence-corrected chi connectivity index (χ0v) is 17.8. The Morgan fingerprint density at radius 3 is 2.41 bits per heavy atom. The number of amides is 1. The van der Waals surface area contributed by atoms with Gasteiger partial charge in [-0.25, -0.2) is 4.79 Å². The molecule has 0 saturated carbocycles. The van der Waals surface area contributed by atoms with E-state index in [-0.39, 0.29) is 6.09 Å². The van der Waals surface area contributed by atoms with Crippen molar-refractivity contribution in [2.45, 2.75) is 33.3 Å². The van der Waals surface area contributed by atoms with Crippen LogP contribution in [0, 0.1) is 6.92 Å². The lowest BCUT2D eigenvalue weighted by Gasteiger charge is -2.35. The van der Waals surface area contributed by atoms with Crippen molar-refractivity contribution in [3.05, 3.63) is 42.0 Å². The van der Waals surface area contributed by atoms with E-state index in [1.54, 1.807) is 4.90 Å². The molecule has 0 radical (unpaired) electrons. The van der Waals surface area contributed by atoms with Gasteiger partial charge in [-0.2, -0.15) is 0 Å². The minimum Gasteiger partial charge on any atom is -0.444 e. The van der Waals surface area contributed by atoms with E-state index in [0.29, 0.717) is 13.1 Å². The second kappa shape index (κ2) is 9.22. The fraction of sp³-hybridized carbons (Fsp3) is 0.500. The Bertz CT molecular complexity index is 812. The van der Waals surface area contributed by atoms with Crippen LogP contribution in [0.15, 0.2) is 36.4 Å². The molecular weight excluding hydrogens is 366 g/mol. The summed E-state index contributed by atoms with van der Waals surface area (Å²) >= 11 is 0. The molecule has 1 saturated heterocycles. The van der Waals surface area contributed by atoms with Crippen LogP contribution in [-0.4, -0.2) is 71.0 Å². The van der Waals surface area contributed by atoms with Gasteiger partial charge < -0.3 is 15.0 Å². The van der Waals surface area contributed by atoms with E-state index in [1.165, 1.54) is 0 Å². The van der Waals surface area contributed by atoms with Gasteiger partial charge in [0.05, 0.1) is 5.69 Å². The lowest BCUT2D eigenvalue weighted by atomic mass is 10.1. The van der Waals surface area contributed by atoms with Crippen LogP contribution in [0.5, 0.6) is 0 Å². The zero-order valence-electron chi connectivity index (χ0n) is 17.8. The molecule has 1 aliphatic heterocycles. The number of rotatable bonds is 5. The summed E-state index contributed by atoms with van der Waals surface area (Å²) in [5, 5.41) is 12.1. The summed E-state index contributed by atoms with van der Waals surface area (Å²) in [6, 6.07) is 12.1. The number of benzene rings is 1. The fourth-order valence-electron chi connectivity index (χ4n) is 3.22. The minimum absolute atomic E-state index is 0.223. The number of carbonyl (C=O) groups excluding carboxylic acids is 1. The van der Waals surface area contributed by atoms with Crippen LogP contribution < -0.4 is 5.32 Å². The van der Waals surface area contributed by atoms with Crippen molar-refractivity contribution in [1.82, 2.24) is 20.0 Å². The second-order valence-corrected chi connectivity index (χ2v) is 8.36. The van der Waals surface area contributed by atoms with Crippen LogP contribution in [0.25, 0.3) is 11.3 Å². The Labute approximate surface area is 173 Å². The summed E-state index contributed by atoms with van der Waals surface area (Å²) in [5.74, 6) is 0.817. The number of carbonyl (C=O) groups is 1. The Kier molecular flexibility index (Phi) is 6.69. The van der Waals surface area contributed by atoms with Crippen molar-refractivity contribution >= 4 is 11.9 Å². The van der Waals surface area contributed by atoms with E-state index in [2.05, 4.69) is 26.5 Å². The predicted octanol–water partition coefficient (Wildman–Crippen LogP) is 3.42. The number of aromatic nitrogens is 2. The molecule has 0 atom stereocenters. The first-order valence-corrected chi connectivity index (χ1v) is 10.2. The third-order valence-corrected chi connectivity index (χ3v) is 4.80. The second-order valence-electron chi connectivity index (χ2n) is 8.36. The molecule has 1 amide bonds. The first kappa shape index (κ1) is 21.0. The molecule has 1 N–H and O–H groups in total. The number of ether oxygens (including phenoxy) is 1. The number of aryl methyl sites for hydroxylation is 1. The molecule has 1 aromatic carbocycles. The van der Waals surface area contributed by atoms with Gasteiger partial charge in [-0.1, -0.05) is 30.3 Å². The molecule has 29 heavy (non-hydrogen) atoms. The maximum Gasteiger partial charge on any atom is 0.410 e. The largest absolute Gasteiger partial charge is 0.444 e. The Morgan fingerprint density at radius 2 is 1.79 bits per heavy atom. The van der Waals surface area contributed by atoms with Gasteiger partial charge in [0.15, 0.2) is 5.82 Å². The van der Waals surface area contributed by atoms with Gasteiger partial charge in [-0.3, -0.25) is 4.90 Å². The van der Waals surface area contributed by atoms with Gasteiger partial charge in [0.2, 0.25) is 0 Å². The van der Waals surface area contributed by atoms with Crippen molar-refractivity contribution in [2.75, 3.05) is 44.6 Å². The average Bonchev–Trinajstić information content (AvgIpc) is 2.69. The van der Waals surface area contributed by atoms with Crippen molar-refractivity contribution in [1.29, 1.82) is 0 Å². The summed E-state index contributed by atoms with van der Waals surface area (Å²) < 4.78 is 5.45. The molecule has 2 aromatic rings. The highest BCUT2D eigenvalue weighted by molar-refractivity contribution is 5.68. The zero-order chi connectivity index (χ0) is 20.9. The molecule has 156 valence electrons. The highest BCUT2D eigenvalue weighted by atomic mass is 16.6. The molecule has 3 rings (SSSR count). The number of nitrogens with zero attached hydrogens (tertiary/aromatic N) is 4. The van der Waals surface area contributed by atoms with Gasteiger partial charge in [0, 0.05) is 44.8 Å². The molecule has 7 heteroatoms. The highest BCUT2D eigenvalue weighted by Crippen LogP contribution is 2.20. The molecule has 0 spiro atoms. The van der Waals surface area contributed by atoms with Crippen LogP contribution in [0.2, 0.25) is 0 Å². The first-order chi connectivity index (χ1) is 13.8. The van der Waals surface area contributed by atoms with E-state index in [1.807, 2.05) is 58.0 Å². The predicted molar refractivity (Wildman–Crippen MR) is 115 cm³/mol. The maximum absolute atomic E-state index is 12.1. The fourth-order valence-corrected chi connectivity index (χ4v) is 3.22. The number of hydrogen-bond donors (Lipinski definition) is 1. The molecule has 7 nitrogen and oxygen atoms in total. The van der Waals surface area contributed by atoms with Gasteiger partial charge in [-0.15, -0.1) is 10.2 Å². The molecule has 0 unspecified atom stereocenters. The van der Waals surface area contributed by atoms with Crippen LogP contribution in [-0.2, 0) is 4.74 Å². The van der Waals surface area contributed by atoms with Gasteiger partial charge in [0.25, 0.3) is 0 Å². The number of nitrogens with one attached hydrogen (secondary N) is 1. The monoisotopic (exact) mass is 397 g/mol. The van der Waals surface area contributed by atoms with Gasteiger partial charge in [-0.05, 0) is 39.3 Å². The summed E-state index contributed by atoms with van der Waals surface area (Å²) in [7, 11) is 0. The summed E-state index contributed by atoms with van der Waals surface area (Å²) in [4.78, 5) is 16.3. The normalized spacial score (nSPS) is 15.2. The first-order valence-electron chi connectivity index (χ1n) is 10.2. The van der Waals surface area contributed by atoms with Gasteiger partial charge in [0.1, 0.15) is 5.60 Å². The number of piperazine rings is 1. The third kappa shape index (κ3) is 6.15. The van der Waals surface area contributed by atoms with Crippen molar-refractivity contribution < 1.29 is 9.53 Å². The minimum atomic E-state index is -0.451. The van der Waals surface area contributed by atoms with E-state index in [4.69, 9.17) is 4.74 Å². The summed E-state index contributed by atoms with van der Waals surface area (Å²) in [6.45, 7) is 12.5. The average molecular weight is 398 g/mol. The van der Waals surface area contributed by atoms with Crippen molar-refractivity contribution in [3.8, 4) is 11.3 Å². The maximum atomic E-state index is 12.1. The summed E-state index contributed by atoms with van der Waals surface area (Å²) in [6.07, 6.45) is -0.223.